The van der Waals surface area contributed by atoms with Crippen molar-refractivity contribution in [3.8, 4) is 0 Å². The van der Waals surface area contributed by atoms with Crippen molar-refractivity contribution in [3.63, 3.8) is 0 Å². The summed E-state index contributed by atoms with van der Waals surface area (Å²) in [5.74, 6) is -1.72. The monoisotopic (exact) mass is 359 g/mol. The van der Waals surface area contributed by atoms with Crippen LogP contribution in [0, 0.1) is 6.92 Å². The SMILES string of the molecule is Cc1oc(C(=O)O)cc1S(=O)(=O)Nc1ccc(Br)cc1. The van der Waals surface area contributed by atoms with E-state index >= 15 is 0 Å². The maximum atomic E-state index is 12.2. The lowest BCUT2D eigenvalue weighted by Crippen LogP contribution is -2.13. The zero-order valence-electron chi connectivity index (χ0n) is 10.3. The molecule has 2 aromatic rings. The molecule has 20 heavy (non-hydrogen) atoms. The molecule has 8 heteroatoms. The third-order valence-electron chi connectivity index (χ3n) is 2.47. The van der Waals surface area contributed by atoms with Crippen molar-refractivity contribution in [2.24, 2.45) is 0 Å². The molecule has 2 rings (SSSR count). The molecule has 0 bridgehead atoms. The standard InChI is InChI=1S/C12H10BrNO5S/c1-7-11(6-10(19-7)12(15)16)20(17,18)14-9-4-2-8(13)3-5-9/h2-6,14H,1H3,(H,15,16). The molecule has 0 atom stereocenters. The lowest BCUT2D eigenvalue weighted by atomic mass is 10.3. The van der Waals surface area contributed by atoms with E-state index in [4.69, 9.17) is 9.52 Å². The number of sulfonamides is 1. The van der Waals surface area contributed by atoms with Crippen molar-refractivity contribution in [2.75, 3.05) is 4.72 Å². The summed E-state index contributed by atoms with van der Waals surface area (Å²) in [6.07, 6.45) is 0. The first-order valence-electron chi connectivity index (χ1n) is 5.42. The van der Waals surface area contributed by atoms with Crippen LogP contribution in [0.1, 0.15) is 16.3 Å². The lowest BCUT2D eigenvalue weighted by molar-refractivity contribution is 0.0661. The molecule has 0 saturated carbocycles. The number of nitrogens with one attached hydrogen (secondary N) is 1. The fraction of sp³-hybridized carbons (Fsp3) is 0.0833. The van der Waals surface area contributed by atoms with Gasteiger partial charge in [-0.15, -0.1) is 0 Å². The van der Waals surface area contributed by atoms with Crippen LogP contribution in [0.2, 0.25) is 0 Å². The molecule has 1 aromatic carbocycles. The quantitative estimate of drug-likeness (QED) is 0.874. The van der Waals surface area contributed by atoms with Gasteiger partial charge >= 0.3 is 5.97 Å². The lowest BCUT2D eigenvalue weighted by Gasteiger charge is -2.06. The van der Waals surface area contributed by atoms with E-state index in [1.807, 2.05) is 0 Å². The molecule has 106 valence electrons. The first-order valence-corrected chi connectivity index (χ1v) is 7.69. The van der Waals surface area contributed by atoms with Crippen molar-refractivity contribution in [3.05, 3.63) is 46.3 Å². The maximum Gasteiger partial charge on any atom is 0.371 e. The first-order chi connectivity index (χ1) is 9.29. The van der Waals surface area contributed by atoms with Gasteiger partial charge in [-0.25, -0.2) is 13.2 Å². The summed E-state index contributed by atoms with van der Waals surface area (Å²) in [4.78, 5) is 10.6. The minimum Gasteiger partial charge on any atom is -0.475 e. The molecule has 0 fully saturated rings. The highest BCUT2D eigenvalue weighted by Crippen LogP contribution is 2.23. The molecular formula is C12H10BrNO5S. The smallest absolute Gasteiger partial charge is 0.371 e. The van der Waals surface area contributed by atoms with Crippen molar-refractivity contribution in [2.45, 2.75) is 11.8 Å². The number of anilines is 1. The number of aromatic carboxylic acids is 1. The Morgan fingerprint density at radius 2 is 1.90 bits per heavy atom. The van der Waals surface area contributed by atoms with E-state index in [1.165, 1.54) is 6.92 Å². The first kappa shape index (κ1) is 14.6. The van der Waals surface area contributed by atoms with Crippen LogP contribution in [0.4, 0.5) is 5.69 Å². The summed E-state index contributed by atoms with van der Waals surface area (Å²) in [5, 5.41) is 8.79. The highest BCUT2D eigenvalue weighted by Gasteiger charge is 2.23. The molecule has 1 aromatic heterocycles. The van der Waals surface area contributed by atoms with Gasteiger partial charge in [0.2, 0.25) is 5.76 Å². The van der Waals surface area contributed by atoms with Crippen LogP contribution in [0.3, 0.4) is 0 Å². The predicted octanol–water partition coefficient (Wildman–Crippen LogP) is 2.85. The number of carboxylic acid groups (broad SMARTS) is 1. The summed E-state index contributed by atoms with van der Waals surface area (Å²) in [6, 6.07) is 7.51. The molecule has 6 nitrogen and oxygen atoms in total. The Bertz CT molecular complexity index is 749. The summed E-state index contributed by atoms with van der Waals surface area (Å²) in [7, 11) is -3.89. The summed E-state index contributed by atoms with van der Waals surface area (Å²) in [5.41, 5.74) is 0.366. The highest BCUT2D eigenvalue weighted by molar-refractivity contribution is 9.10. The summed E-state index contributed by atoms with van der Waals surface area (Å²) < 4.78 is 32.4. The Kier molecular flexibility index (Phi) is 3.87. The van der Waals surface area contributed by atoms with Crippen LogP contribution in [0.5, 0.6) is 0 Å². The average Bonchev–Trinajstić information content (AvgIpc) is 2.75. The van der Waals surface area contributed by atoms with Crippen molar-refractivity contribution < 1.29 is 22.7 Å². The normalized spacial score (nSPS) is 11.3. The molecule has 1 heterocycles. The second-order valence-corrected chi connectivity index (χ2v) is 6.52. The third kappa shape index (κ3) is 3.02. The number of carboxylic acids is 1. The predicted molar refractivity (Wildman–Crippen MR) is 75.4 cm³/mol. The van der Waals surface area contributed by atoms with Gasteiger partial charge in [-0.05, 0) is 31.2 Å². The van der Waals surface area contributed by atoms with Crippen LogP contribution < -0.4 is 4.72 Å². The molecule has 0 radical (unpaired) electrons. The Balaban J connectivity index is 2.35. The third-order valence-corrected chi connectivity index (χ3v) is 4.49. The van der Waals surface area contributed by atoms with Gasteiger partial charge in [-0.1, -0.05) is 15.9 Å². The fourth-order valence-electron chi connectivity index (χ4n) is 1.57. The molecule has 0 unspecified atom stereocenters. The van der Waals surface area contributed by atoms with Gasteiger partial charge in [0.05, 0.1) is 0 Å². The van der Waals surface area contributed by atoms with Crippen LogP contribution in [0.15, 0.2) is 44.1 Å². The van der Waals surface area contributed by atoms with Crippen molar-refractivity contribution in [1.29, 1.82) is 0 Å². The second kappa shape index (κ2) is 5.29. The molecule has 0 aliphatic heterocycles. The van der Waals surface area contributed by atoms with Gasteiger partial charge in [-0.3, -0.25) is 4.72 Å². The van der Waals surface area contributed by atoms with E-state index in [1.54, 1.807) is 24.3 Å². The zero-order valence-corrected chi connectivity index (χ0v) is 12.7. The number of furan rings is 1. The highest BCUT2D eigenvalue weighted by atomic mass is 79.9. The number of aryl methyl sites for hydroxylation is 1. The van der Waals surface area contributed by atoms with E-state index in [2.05, 4.69) is 20.7 Å². The molecule has 0 spiro atoms. The Hall–Kier alpha value is -1.80. The Morgan fingerprint density at radius 1 is 1.30 bits per heavy atom. The van der Waals surface area contributed by atoms with Gasteiger partial charge in [-0.2, -0.15) is 0 Å². The van der Waals surface area contributed by atoms with E-state index < -0.39 is 21.8 Å². The zero-order chi connectivity index (χ0) is 14.9. The largest absolute Gasteiger partial charge is 0.475 e. The minimum absolute atomic E-state index is 0.0204. The minimum atomic E-state index is -3.89. The number of halogens is 1. The van der Waals surface area contributed by atoms with Crippen LogP contribution >= 0.6 is 15.9 Å². The van der Waals surface area contributed by atoms with E-state index in [0.717, 1.165) is 10.5 Å². The topological polar surface area (TPSA) is 96.6 Å². The second-order valence-electron chi connectivity index (χ2n) is 3.95. The van der Waals surface area contributed by atoms with Crippen LogP contribution in [-0.2, 0) is 10.0 Å². The van der Waals surface area contributed by atoms with Gasteiger partial charge < -0.3 is 9.52 Å². The van der Waals surface area contributed by atoms with E-state index in [-0.39, 0.29) is 10.7 Å². The van der Waals surface area contributed by atoms with Gasteiger partial charge in [0.1, 0.15) is 10.7 Å². The number of hydrogen-bond donors (Lipinski definition) is 2. The summed E-state index contributed by atoms with van der Waals surface area (Å²) in [6.45, 7) is 1.39. The van der Waals surface area contributed by atoms with Crippen LogP contribution in [-0.4, -0.2) is 19.5 Å². The van der Waals surface area contributed by atoms with Gasteiger partial charge in [0.25, 0.3) is 10.0 Å². The molecular weight excluding hydrogens is 350 g/mol. The number of carbonyl (C=O) groups is 1. The molecule has 0 aliphatic carbocycles. The number of benzene rings is 1. The van der Waals surface area contributed by atoms with E-state index in [0.29, 0.717) is 5.69 Å². The maximum absolute atomic E-state index is 12.2. The average molecular weight is 360 g/mol. The molecule has 0 amide bonds. The fourth-order valence-corrected chi connectivity index (χ4v) is 3.07. The van der Waals surface area contributed by atoms with E-state index in [9.17, 15) is 13.2 Å². The molecule has 0 saturated heterocycles. The Labute approximate surface area is 123 Å². The van der Waals surface area contributed by atoms with Gasteiger partial charge in [0, 0.05) is 16.2 Å². The van der Waals surface area contributed by atoms with Crippen LogP contribution in [0.25, 0.3) is 0 Å². The van der Waals surface area contributed by atoms with Crippen molar-refractivity contribution in [1.82, 2.24) is 0 Å². The summed E-state index contributed by atoms with van der Waals surface area (Å²) >= 11 is 3.24. The van der Waals surface area contributed by atoms with Gasteiger partial charge in [0.15, 0.2) is 0 Å². The number of rotatable bonds is 4. The Morgan fingerprint density at radius 3 is 2.40 bits per heavy atom. The molecule has 0 aliphatic rings. The van der Waals surface area contributed by atoms with Crippen molar-refractivity contribution >= 4 is 37.6 Å². The molecule has 2 N–H and O–H groups in total. The number of hydrogen-bond acceptors (Lipinski definition) is 4.